The van der Waals surface area contributed by atoms with E-state index in [4.69, 9.17) is 21.7 Å². The summed E-state index contributed by atoms with van der Waals surface area (Å²) in [5, 5.41) is 3.30. The minimum atomic E-state index is -0.693. The Morgan fingerprint density at radius 3 is 2.22 bits per heavy atom. The lowest BCUT2D eigenvalue weighted by atomic mass is 10.1. The van der Waals surface area contributed by atoms with Crippen LogP contribution < -0.4 is 25.6 Å². The number of hydrazine groups is 1. The van der Waals surface area contributed by atoms with Gasteiger partial charge in [-0.3, -0.25) is 15.6 Å². The van der Waals surface area contributed by atoms with Crippen molar-refractivity contribution < 1.29 is 14.3 Å². The first-order valence-electron chi connectivity index (χ1n) is 8.87. The van der Waals surface area contributed by atoms with Gasteiger partial charge in [-0.2, -0.15) is 0 Å². The first-order valence-corrected chi connectivity index (χ1v) is 9.28. The zero-order chi connectivity index (χ0) is 19.6. The number of ether oxygens (including phenoxy) is 2. The Kier molecular flexibility index (Phi) is 7.88. The second-order valence-electron chi connectivity index (χ2n) is 5.78. The summed E-state index contributed by atoms with van der Waals surface area (Å²) in [5.41, 5.74) is 7.30. The molecule has 0 aromatic heterocycles. The summed E-state index contributed by atoms with van der Waals surface area (Å²) in [4.78, 5) is 12.1. The van der Waals surface area contributed by atoms with Gasteiger partial charge in [0.2, 0.25) is 0 Å². The van der Waals surface area contributed by atoms with Gasteiger partial charge in [0.15, 0.2) is 11.2 Å². The minimum absolute atomic E-state index is 0.292. The van der Waals surface area contributed by atoms with E-state index in [-0.39, 0.29) is 5.91 Å². The first kappa shape index (κ1) is 20.5. The number of anilines is 1. The molecule has 0 saturated carbocycles. The molecule has 3 N–H and O–H groups in total. The predicted molar refractivity (Wildman–Crippen MR) is 111 cm³/mol. The molecule has 0 heterocycles. The van der Waals surface area contributed by atoms with Crippen LogP contribution in [0.3, 0.4) is 0 Å². The summed E-state index contributed by atoms with van der Waals surface area (Å²) in [6.45, 7) is 6.28. The highest BCUT2D eigenvalue weighted by Crippen LogP contribution is 2.18. The standard InChI is InChI=1S/C20H25N3O3S/c1-4-15-6-8-16(9-7-15)21-20(27)23-22-19(24)14(3)26-18-12-10-17(11-13-18)25-5-2/h6-14H,4-5H2,1-3H3,(H,22,24)(H2,21,23,27)/t14-/m1/s1. The van der Waals surface area contributed by atoms with Crippen molar-refractivity contribution in [2.75, 3.05) is 11.9 Å². The van der Waals surface area contributed by atoms with Crippen LogP contribution >= 0.6 is 12.2 Å². The average Bonchev–Trinajstić information content (AvgIpc) is 2.68. The fraction of sp³-hybridized carbons (Fsp3) is 0.300. The van der Waals surface area contributed by atoms with Crippen molar-refractivity contribution in [3.63, 3.8) is 0 Å². The van der Waals surface area contributed by atoms with Crippen LogP contribution in [0.5, 0.6) is 11.5 Å². The molecule has 0 aliphatic carbocycles. The molecule has 7 heteroatoms. The van der Waals surface area contributed by atoms with E-state index in [2.05, 4.69) is 23.1 Å². The molecule has 144 valence electrons. The Labute approximate surface area is 165 Å². The highest BCUT2D eigenvalue weighted by atomic mass is 32.1. The molecule has 2 rings (SSSR count). The van der Waals surface area contributed by atoms with Crippen LogP contribution in [0.1, 0.15) is 26.3 Å². The largest absolute Gasteiger partial charge is 0.494 e. The molecule has 2 aromatic rings. The third kappa shape index (κ3) is 6.79. The number of carbonyl (C=O) groups is 1. The lowest BCUT2D eigenvalue weighted by molar-refractivity contribution is -0.127. The quantitative estimate of drug-likeness (QED) is 0.499. The average molecular weight is 388 g/mol. The molecule has 6 nitrogen and oxygen atoms in total. The van der Waals surface area contributed by atoms with Gasteiger partial charge in [-0.1, -0.05) is 19.1 Å². The number of hydrogen-bond acceptors (Lipinski definition) is 4. The Bertz CT molecular complexity index is 748. The van der Waals surface area contributed by atoms with E-state index in [1.165, 1.54) is 5.56 Å². The normalized spacial score (nSPS) is 11.2. The monoisotopic (exact) mass is 387 g/mol. The highest BCUT2D eigenvalue weighted by molar-refractivity contribution is 7.80. The summed E-state index contributed by atoms with van der Waals surface area (Å²) >= 11 is 5.18. The molecule has 0 aliphatic rings. The van der Waals surface area contributed by atoms with E-state index in [1.807, 2.05) is 31.2 Å². The smallest absolute Gasteiger partial charge is 0.279 e. The van der Waals surface area contributed by atoms with Gasteiger partial charge in [-0.25, -0.2) is 0 Å². The van der Waals surface area contributed by atoms with Crippen molar-refractivity contribution in [3.05, 3.63) is 54.1 Å². The number of thiocarbonyl (C=S) groups is 1. The van der Waals surface area contributed by atoms with Crippen molar-refractivity contribution in [1.82, 2.24) is 10.9 Å². The molecular formula is C20H25N3O3S. The summed E-state index contributed by atoms with van der Waals surface area (Å²) in [7, 11) is 0. The zero-order valence-corrected chi connectivity index (χ0v) is 16.6. The van der Waals surface area contributed by atoms with Gasteiger partial charge in [0.25, 0.3) is 5.91 Å². The first-order chi connectivity index (χ1) is 13.0. The molecule has 0 aliphatic heterocycles. The molecule has 1 amide bonds. The fourth-order valence-corrected chi connectivity index (χ4v) is 2.41. The summed E-state index contributed by atoms with van der Waals surface area (Å²) in [5.74, 6) is 0.999. The molecule has 0 radical (unpaired) electrons. The van der Waals surface area contributed by atoms with E-state index in [9.17, 15) is 4.79 Å². The van der Waals surface area contributed by atoms with Gasteiger partial charge in [0.1, 0.15) is 11.5 Å². The predicted octanol–water partition coefficient (Wildman–Crippen LogP) is 3.43. The second-order valence-corrected chi connectivity index (χ2v) is 6.19. The van der Waals surface area contributed by atoms with Crippen LogP contribution in [0.25, 0.3) is 0 Å². The minimum Gasteiger partial charge on any atom is -0.494 e. The maximum absolute atomic E-state index is 12.1. The molecular weight excluding hydrogens is 362 g/mol. The Hall–Kier alpha value is -2.80. The Morgan fingerprint density at radius 1 is 1.00 bits per heavy atom. The molecule has 0 saturated heterocycles. The third-order valence-corrected chi connectivity index (χ3v) is 3.94. The lowest BCUT2D eigenvalue weighted by Gasteiger charge is -2.17. The molecule has 1 atom stereocenters. The number of hydrogen-bond donors (Lipinski definition) is 3. The molecule has 0 bridgehead atoms. The number of aryl methyl sites for hydroxylation is 1. The zero-order valence-electron chi connectivity index (χ0n) is 15.7. The summed E-state index contributed by atoms with van der Waals surface area (Å²) in [6.07, 6.45) is 0.285. The second kappa shape index (κ2) is 10.4. The van der Waals surface area contributed by atoms with E-state index in [0.29, 0.717) is 17.5 Å². The fourth-order valence-electron chi connectivity index (χ4n) is 2.24. The van der Waals surface area contributed by atoms with Gasteiger partial charge < -0.3 is 14.8 Å². The topological polar surface area (TPSA) is 71.6 Å². The van der Waals surface area contributed by atoms with Crippen molar-refractivity contribution in [2.45, 2.75) is 33.3 Å². The van der Waals surface area contributed by atoms with E-state index in [1.54, 1.807) is 31.2 Å². The van der Waals surface area contributed by atoms with Crippen molar-refractivity contribution in [2.24, 2.45) is 0 Å². The molecule has 0 unspecified atom stereocenters. The molecule has 0 fully saturated rings. The Balaban J connectivity index is 1.77. The van der Waals surface area contributed by atoms with Gasteiger partial charge in [0, 0.05) is 5.69 Å². The van der Waals surface area contributed by atoms with Gasteiger partial charge >= 0.3 is 0 Å². The highest BCUT2D eigenvalue weighted by Gasteiger charge is 2.14. The van der Waals surface area contributed by atoms with Gasteiger partial charge in [0.05, 0.1) is 6.61 Å². The van der Waals surface area contributed by atoms with Crippen molar-refractivity contribution >= 4 is 28.9 Å². The molecule has 2 aromatic carbocycles. The van der Waals surface area contributed by atoms with Gasteiger partial charge in [-0.15, -0.1) is 0 Å². The number of amides is 1. The van der Waals surface area contributed by atoms with Crippen LogP contribution in [0.15, 0.2) is 48.5 Å². The lowest BCUT2D eigenvalue weighted by Crippen LogP contribution is -2.48. The van der Waals surface area contributed by atoms with Crippen LogP contribution in [-0.4, -0.2) is 23.7 Å². The SMILES string of the molecule is CCOc1ccc(O[C@H](C)C(=O)NNC(=S)Nc2ccc(CC)cc2)cc1. The molecule has 27 heavy (non-hydrogen) atoms. The van der Waals surface area contributed by atoms with Crippen LogP contribution in [0.2, 0.25) is 0 Å². The number of carbonyl (C=O) groups excluding carboxylic acids is 1. The van der Waals surface area contributed by atoms with Crippen LogP contribution in [0, 0.1) is 0 Å². The van der Waals surface area contributed by atoms with Gasteiger partial charge in [-0.05, 0) is 74.4 Å². The van der Waals surface area contributed by atoms with Crippen LogP contribution in [0.4, 0.5) is 5.69 Å². The number of rotatable bonds is 7. The number of nitrogens with one attached hydrogen (secondary N) is 3. The van der Waals surface area contributed by atoms with Crippen molar-refractivity contribution in [3.8, 4) is 11.5 Å². The van der Waals surface area contributed by atoms with E-state index in [0.717, 1.165) is 17.9 Å². The van der Waals surface area contributed by atoms with E-state index < -0.39 is 6.10 Å². The summed E-state index contributed by atoms with van der Waals surface area (Å²) < 4.78 is 11.0. The number of benzene rings is 2. The van der Waals surface area contributed by atoms with Crippen LogP contribution in [-0.2, 0) is 11.2 Å². The maximum Gasteiger partial charge on any atom is 0.279 e. The third-order valence-electron chi connectivity index (χ3n) is 3.74. The maximum atomic E-state index is 12.1. The van der Waals surface area contributed by atoms with E-state index >= 15 is 0 Å². The Morgan fingerprint density at radius 2 is 1.63 bits per heavy atom. The molecule has 0 spiro atoms. The summed E-state index contributed by atoms with van der Waals surface area (Å²) in [6, 6.07) is 15.0. The van der Waals surface area contributed by atoms with Crippen molar-refractivity contribution in [1.29, 1.82) is 0 Å².